The maximum atomic E-state index is 6.34. The molecule has 0 heterocycles. The summed E-state index contributed by atoms with van der Waals surface area (Å²) in [5, 5.41) is 0.260. The molecule has 0 aliphatic carbocycles. The van der Waals surface area contributed by atoms with Crippen molar-refractivity contribution in [3.05, 3.63) is 83.9 Å². The summed E-state index contributed by atoms with van der Waals surface area (Å²) in [5.74, 6) is 0.450. The molecular formula is C26H38O2Si. The smallest absolute Gasteiger partial charge is 0.191 e. The van der Waals surface area contributed by atoms with E-state index in [1.165, 1.54) is 11.1 Å². The van der Waals surface area contributed by atoms with Crippen LogP contribution in [-0.4, -0.2) is 14.9 Å². The molecule has 2 aromatic rings. The first-order chi connectivity index (χ1) is 13.7. The van der Waals surface area contributed by atoms with E-state index < -0.39 is 8.32 Å². The molecule has 0 amide bonds. The summed E-state index contributed by atoms with van der Waals surface area (Å²) in [6, 6.07) is 20.8. The summed E-state index contributed by atoms with van der Waals surface area (Å²) < 4.78 is 12.6. The lowest BCUT2D eigenvalue weighted by atomic mass is 10.0. The Bertz CT molecular complexity index is 732. The van der Waals surface area contributed by atoms with Gasteiger partial charge in [0.15, 0.2) is 8.32 Å². The van der Waals surface area contributed by atoms with Crippen molar-refractivity contribution in [2.75, 3.05) is 6.61 Å². The van der Waals surface area contributed by atoms with Crippen molar-refractivity contribution in [2.24, 2.45) is 5.92 Å². The van der Waals surface area contributed by atoms with E-state index in [0.29, 0.717) is 12.5 Å². The zero-order valence-corrected chi connectivity index (χ0v) is 20.0. The van der Waals surface area contributed by atoms with Crippen LogP contribution in [0.1, 0.15) is 51.3 Å². The number of ether oxygens (including phenoxy) is 1. The maximum Gasteiger partial charge on any atom is 0.191 e. The fourth-order valence-corrected chi connectivity index (χ4v) is 3.83. The average molecular weight is 411 g/mol. The van der Waals surface area contributed by atoms with Crippen LogP contribution >= 0.6 is 0 Å². The number of benzene rings is 2. The molecule has 2 rings (SSSR count). The summed E-state index contributed by atoms with van der Waals surface area (Å²) in [4.78, 5) is 0. The molecular weight excluding hydrogens is 372 g/mol. The monoisotopic (exact) mass is 410 g/mol. The van der Waals surface area contributed by atoms with Crippen molar-refractivity contribution >= 4 is 8.32 Å². The van der Waals surface area contributed by atoms with Gasteiger partial charge in [-0.2, -0.15) is 0 Å². The van der Waals surface area contributed by atoms with Gasteiger partial charge in [-0.05, 0) is 41.6 Å². The van der Waals surface area contributed by atoms with Crippen LogP contribution in [0.2, 0.25) is 18.1 Å². The third-order valence-corrected chi connectivity index (χ3v) is 10.4. The maximum absolute atomic E-state index is 6.34. The van der Waals surface area contributed by atoms with Crippen molar-refractivity contribution < 1.29 is 9.16 Å². The summed E-state index contributed by atoms with van der Waals surface area (Å²) in [6.07, 6.45) is 5.47. The van der Waals surface area contributed by atoms with Gasteiger partial charge in [0.2, 0.25) is 0 Å². The van der Waals surface area contributed by atoms with Gasteiger partial charge in [0.05, 0.1) is 6.61 Å². The second-order valence-corrected chi connectivity index (χ2v) is 14.2. The van der Waals surface area contributed by atoms with E-state index in [9.17, 15) is 0 Å². The van der Waals surface area contributed by atoms with Gasteiger partial charge in [0.25, 0.3) is 0 Å². The van der Waals surface area contributed by atoms with Crippen LogP contribution < -0.4 is 0 Å². The van der Waals surface area contributed by atoms with Gasteiger partial charge >= 0.3 is 0 Å². The van der Waals surface area contributed by atoms with E-state index >= 15 is 0 Å². The highest BCUT2D eigenvalue weighted by atomic mass is 28.4. The third-order valence-electron chi connectivity index (χ3n) is 5.86. The highest BCUT2D eigenvalue weighted by Gasteiger charge is 2.36. The van der Waals surface area contributed by atoms with Crippen LogP contribution in [0.5, 0.6) is 0 Å². The molecule has 158 valence electrons. The number of hydrogen-bond acceptors (Lipinski definition) is 2. The minimum atomic E-state index is -1.67. The Morgan fingerprint density at radius 3 is 2.07 bits per heavy atom. The van der Waals surface area contributed by atoms with Gasteiger partial charge in [0.1, 0.15) is 6.10 Å². The normalized spacial score (nSPS) is 14.8. The highest BCUT2D eigenvalue weighted by molar-refractivity contribution is 6.74. The molecule has 0 aliphatic heterocycles. The molecule has 0 N–H and O–H groups in total. The molecule has 3 heteroatoms. The summed E-state index contributed by atoms with van der Waals surface area (Å²) in [5.41, 5.74) is 2.38. The molecule has 0 aromatic heterocycles. The zero-order valence-electron chi connectivity index (χ0n) is 19.0. The van der Waals surface area contributed by atoms with E-state index in [-0.39, 0.29) is 11.1 Å². The van der Waals surface area contributed by atoms with Crippen LogP contribution in [0.3, 0.4) is 0 Å². The van der Waals surface area contributed by atoms with Crippen molar-refractivity contribution in [3.63, 3.8) is 0 Å². The Morgan fingerprint density at radius 2 is 1.48 bits per heavy atom. The second-order valence-electron chi connectivity index (χ2n) is 9.39. The SMILES string of the molecule is C[C@@H](/C=C/[C@@H](OCc1ccccc1)c1ccccc1)CCO[Si](C)(C)C(C)(C)C. The first-order valence-corrected chi connectivity index (χ1v) is 13.6. The van der Waals surface area contributed by atoms with E-state index in [4.69, 9.17) is 9.16 Å². The molecule has 2 aromatic carbocycles. The summed E-state index contributed by atoms with van der Waals surface area (Å²) in [6.45, 7) is 15.2. The lowest BCUT2D eigenvalue weighted by Gasteiger charge is -2.36. The molecule has 29 heavy (non-hydrogen) atoms. The van der Waals surface area contributed by atoms with Crippen molar-refractivity contribution in [2.45, 2.75) is 65.0 Å². The Hall–Kier alpha value is -1.68. The number of rotatable bonds is 10. The van der Waals surface area contributed by atoms with Crippen LogP contribution in [0.15, 0.2) is 72.8 Å². The minimum Gasteiger partial charge on any atom is -0.417 e. The van der Waals surface area contributed by atoms with E-state index in [2.05, 4.69) is 101 Å². The Labute approximate surface area is 179 Å². The lowest BCUT2D eigenvalue weighted by Crippen LogP contribution is -2.41. The zero-order chi connectivity index (χ0) is 21.3. The standard InChI is InChI=1S/C26H38O2Si/c1-22(19-20-28-29(5,6)26(2,3)4)17-18-25(24-15-11-8-12-16-24)27-21-23-13-9-7-10-14-23/h7-18,22,25H,19-21H2,1-6H3/b18-17+/t22-,25+/m0/s1. The molecule has 0 saturated heterocycles. The second kappa shape index (κ2) is 10.9. The van der Waals surface area contributed by atoms with Crippen LogP contribution in [0, 0.1) is 5.92 Å². The van der Waals surface area contributed by atoms with E-state index in [1.807, 2.05) is 12.1 Å². The molecule has 0 aliphatic rings. The molecule has 0 unspecified atom stereocenters. The van der Waals surface area contributed by atoms with E-state index in [1.54, 1.807) is 0 Å². The molecule has 2 atom stereocenters. The van der Waals surface area contributed by atoms with Gasteiger partial charge in [-0.15, -0.1) is 0 Å². The Morgan fingerprint density at radius 1 is 0.897 bits per heavy atom. The van der Waals surface area contributed by atoms with Crippen LogP contribution in [-0.2, 0) is 15.8 Å². The fraction of sp³-hybridized carbons (Fsp3) is 0.462. The van der Waals surface area contributed by atoms with E-state index in [0.717, 1.165) is 13.0 Å². The summed E-state index contributed by atoms with van der Waals surface area (Å²) >= 11 is 0. The number of allylic oxidation sites excluding steroid dienone is 1. The van der Waals surface area contributed by atoms with Gasteiger partial charge in [0, 0.05) is 6.61 Å². The van der Waals surface area contributed by atoms with Crippen LogP contribution in [0.4, 0.5) is 0 Å². The first-order valence-electron chi connectivity index (χ1n) is 10.7. The van der Waals surface area contributed by atoms with Crippen LogP contribution in [0.25, 0.3) is 0 Å². The average Bonchev–Trinajstić information content (AvgIpc) is 2.68. The lowest BCUT2D eigenvalue weighted by molar-refractivity contribution is 0.0714. The van der Waals surface area contributed by atoms with Gasteiger partial charge < -0.3 is 9.16 Å². The van der Waals surface area contributed by atoms with Crippen molar-refractivity contribution in [3.8, 4) is 0 Å². The minimum absolute atomic E-state index is 0.0415. The Kier molecular flexibility index (Phi) is 8.88. The molecule has 0 saturated carbocycles. The first kappa shape index (κ1) is 23.6. The molecule has 0 spiro atoms. The predicted octanol–water partition coefficient (Wildman–Crippen LogP) is 7.55. The predicted molar refractivity (Wildman–Crippen MR) is 126 cm³/mol. The van der Waals surface area contributed by atoms with Crippen molar-refractivity contribution in [1.29, 1.82) is 0 Å². The van der Waals surface area contributed by atoms with Gasteiger partial charge in [-0.1, -0.05) is 101 Å². The third kappa shape index (κ3) is 7.92. The fourth-order valence-electron chi connectivity index (χ4n) is 2.77. The van der Waals surface area contributed by atoms with Gasteiger partial charge in [-0.25, -0.2) is 0 Å². The molecule has 0 radical (unpaired) electrons. The molecule has 0 fully saturated rings. The van der Waals surface area contributed by atoms with Gasteiger partial charge in [-0.3, -0.25) is 0 Å². The molecule has 0 bridgehead atoms. The number of hydrogen-bond donors (Lipinski definition) is 0. The topological polar surface area (TPSA) is 18.5 Å². The highest BCUT2D eigenvalue weighted by Crippen LogP contribution is 2.36. The quantitative estimate of drug-likeness (QED) is 0.297. The summed E-state index contributed by atoms with van der Waals surface area (Å²) in [7, 11) is -1.67. The Balaban J connectivity index is 1.94. The largest absolute Gasteiger partial charge is 0.417 e. The van der Waals surface area contributed by atoms with Crippen molar-refractivity contribution in [1.82, 2.24) is 0 Å². The molecule has 2 nitrogen and oxygen atoms in total.